The third kappa shape index (κ3) is 3.98. The molecule has 1 fully saturated rings. The third-order valence-electron chi connectivity index (χ3n) is 1.40. The fourth-order valence-electron chi connectivity index (χ4n) is 0.836. The Hall–Kier alpha value is 0.500. The molecule has 0 aromatic heterocycles. The smallest absolute Gasteiger partial charge is 0.0264 e. The van der Waals surface area contributed by atoms with Crippen molar-refractivity contribution in [1.29, 1.82) is 0 Å². The van der Waals surface area contributed by atoms with Gasteiger partial charge in [-0.2, -0.15) is 0 Å². The van der Waals surface area contributed by atoms with Gasteiger partial charge in [-0.1, -0.05) is 0 Å². The summed E-state index contributed by atoms with van der Waals surface area (Å²) in [5.41, 5.74) is 5.80. The summed E-state index contributed by atoms with van der Waals surface area (Å²) >= 11 is 0. The molecule has 1 heterocycles. The highest BCUT2D eigenvalue weighted by molar-refractivity contribution is 5.85. The molecule has 1 unspecified atom stereocenters. The van der Waals surface area contributed by atoms with Gasteiger partial charge in [0, 0.05) is 12.1 Å². The molecular formula is C5H14Cl2N2. The van der Waals surface area contributed by atoms with Crippen LogP contribution in [0.15, 0.2) is 0 Å². The molecule has 1 saturated heterocycles. The zero-order chi connectivity index (χ0) is 5.33. The molecule has 1 aliphatic heterocycles. The van der Waals surface area contributed by atoms with Crippen LogP contribution in [0.2, 0.25) is 0 Å². The standard InChI is InChI=1S/C5H12N2.2ClH/c1-5(6)2-3-7-4-5;;/h7H,2-4,6H2,1H3;2*1H. The lowest BCUT2D eigenvalue weighted by Crippen LogP contribution is -2.37. The Morgan fingerprint density at radius 2 is 2.00 bits per heavy atom. The summed E-state index contributed by atoms with van der Waals surface area (Å²) in [5, 5.41) is 3.19. The summed E-state index contributed by atoms with van der Waals surface area (Å²) in [7, 11) is 0. The summed E-state index contributed by atoms with van der Waals surface area (Å²) in [6, 6.07) is 0. The average Bonchev–Trinajstić information content (AvgIpc) is 1.84. The van der Waals surface area contributed by atoms with E-state index in [1.807, 2.05) is 0 Å². The van der Waals surface area contributed by atoms with E-state index in [0.29, 0.717) is 0 Å². The van der Waals surface area contributed by atoms with Crippen LogP contribution in [-0.4, -0.2) is 18.6 Å². The van der Waals surface area contributed by atoms with E-state index >= 15 is 0 Å². The van der Waals surface area contributed by atoms with Gasteiger partial charge in [-0.25, -0.2) is 0 Å². The molecule has 9 heavy (non-hydrogen) atoms. The van der Waals surface area contributed by atoms with Gasteiger partial charge in [-0.05, 0) is 19.9 Å². The zero-order valence-corrected chi connectivity index (χ0v) is 7.15. The number of hydrogen-bond donors (Lipinski definition) is 2. The molecule has 1 aliphatic rings. The first kappa shape index (κ1) is 12.2. The van der Waals surface area contributed by atoms with E-state index in [2.05, 4.69) is 12.2 Å². The fourth-order valence-corrected chi connectivity index (χ4v) is 0.836. The highest BCUT2D eigenvalue weighted by Crippen LogP contribution is 2.07. The second-order valence-electron chi connectivity index (χ2n) is 2.58. The molecule has 0 spiro atoms. The van der Waals surface area contributed by atoms with Crippen LogP contribution in [0.1, 0.15) is 13.3 Å². The number of rotatable bonds is 0. The molecule has 0 aromatic carbocycles. The molecule has 1 atom stereocenters. The van der Waals surface area contributed by atoms with Crippen molar-refractivity contribution >= 4 is 24.8 Å². The molecule has 0 saturated carbocycles. The van der Waals surface area contributed by atoms with E-state index in [1.165, 1.54) is 0 Å². The Morgan fingerprint density at radius 3 is 2.11 bits per heavy atom. The average molecular weight is 173 g/mol. The predicted octanol–water partition coefficient (Wildman–Crippen LogP) is 0.541. The maximum atomic E-state index is 5.72. The van der Waals surface area contributed by atoms with Crippen LogP contribution in [0, 0.1) is 0 Å². The Kier molecular flexibility index (Phi) is 5.88. The first-order chi connectivity index (χ1) is 3.21. The minimum absolute atomic E-state index is 0. The van der Waals surface area contributed by atoms with Crippen LogP contribution in [0.3, 0.4) is 0 Å². The molecule has 2 nitrogen and oxygen atoms in total. The lowest BCUT2D eigenvalue weighted by atomic mass is 10.0. The van der Waals surface area contributed by atoms with Crippen molar-refractivity contribution in [2.45, 2.75) is 18.9 Å². The van der Waals surface area contributed by atoms with E-state index in [4.69, 9.17) is 5.73 Å². The van der Waals surface area contributed by atoms with Gasteiger partial charge in [0.2, 0.25) is 0 Å². The van der Waals surface area contributed by atoms with Gasteiger partial charge in [-0.3, -0.25) is 0 Å². The van der Waals surface area contributed by atoms with E-state index < -0.39 is 0 Å². The van der Waals surface area contributed by atoms with Crippen LogP contribution < -0.4 is 11.1 Å². The van der Waals surface area contributed by atoms with E-state index in [0.717, 1.165) is 19.5 Å². The largest absolute Gasteiger partial charge is 0.324 e. The van der Waals surface area contributed by atoms with Crippen molar-refractivity contribution in [1.82, 2.24) is 5.32 Å². The summed E-state index contributed by atoms with van der Waals surface area (Å²) < 4.78 is 0. The quantitative estimate of drug-likeness (QED) is 0.561. The summed E-state index contributed by atoms with van der Waals surface area (Å²) in [6.07, 6.45) is 1.12. The lowest BCUT2D eigenvalue weighted by molar-refractivity contribution is 0.519. The molecule has 3 N–H and O–H groups in total. The van der Waals surface area contributed by atoms with Crippen molar-refractivity contribution in [2.24, 2.45) is 5.73 Å². The molecule has 0 aromatic rings. The van der Waals surface area contributed by atoms with Crippen LogP contribution in [0.25, 0.3) is 0 Å². The normalized spacial score (nSPS) is 32.7. The maximum Gasteiger partial charge on any atom is 0.0264 e. The first-order valence-corrected chi connectivity index (χ1v) is 2.70. The van der Waals surface area contributed by atoms with Crippen molar-refractivity contribution in [3.63, 3.8) is 0 Å². The number of nitrogens with one attached hydrogen (secondary N) is 1. The molecular weight excluding hydrogens is 159 g/mol. The summed E-state index contributed by atoms with van der Waals surface area (Å²) in [6.45, 7) is 4.15. The fraction of sp³-hybridized carbons (Fsp3) is 1.00. The minimum Gasteiger partial charge on any atom is -0.324 e. The highest BCUT2D eigenvalue weighted by Gasteiger charge is 2.22. The first-order valence-electron chi connectivity index (χ1n) is 2.70. The van der Waals surface area contributed by atoms with Gasteiger partial charge in [0.05, 0.1) is 0 Å². The van der Waals surface area contributed by atoms with Crippen molar-refractivity contribution < 1.29 is 0 Å². The van der Waals surface area contributed by atoms with Crippen molar-refractivity contribution in [3.05, 3.63) is 0 Å². The molecule has 0 amide bonds. The van der Waals surface area contributed by atoms with Gasteiger partial charge in [-0.15, -0.1) is 24.8 Å². The Morgan fingerprint density at radius 1 is 1.44 bits per heavy atom. The van der Waals surface area contributed by atoms with Crippen LogP contribution >= 0.6 is 24.8 Å². The number of nitrogens with two attached hydrogens (primary N) is 1. The van der Waals surface area contributed by atoms with Crippen molar-refractivity contribution in [2.75, 3.05) is 13.1 Å². The second-order valence-corrected chi connectivity index (χ2v) is 2.58. The van der Waals surface area contributed by atoms with Gasteiger partial charge in [0.15, 0.2) is 0 Å². The lowest BCUT2D eigenvalue weighted by Gasteiger charge is -2.13. The second kappa shape index (κ2) is 4.34. The number of hydrogen-bond acceptors (Lipinski definition) is 2. The van der Waals surface area contributed by atoms with Gasteiger partial charge < -0.3 is 11.1 Å². The molecule has 0 radical (unpaired) electrons. The molecule has 0 bridgehead atoms. The predicted molar refractivity (Wildman–Crippen MR) is 44.6 cm³/mol. The van der Waals surface area contributed by atoms with Gasteiger partial charge >= 0.3 is 0 Å². The monoisotopic (exact) mass is 172 g/mol. The SMILES string of the molecule is CC1(N)CCNC1.Cl.Cl. The van der Waals surface area contributed by atoms with Crippen LogP contribution in [-0.2, 0) is 0 Å². The molecule has 58 valence electrons. The summed E-state index contributed by atoms with van der Waals surface area (Å²) in [5.74, 6) is 0. The third-order valence-corrected chi connectivity index (χ3v) is 1.40. The maximum absolute atomic E-state index is 5.72. The van der Waals surface area contributed by atoms with E-state index in [1.54, 1.807) is 0 Å². The van der Waals surface area contributed by atoms with Gasteiger partial charge in [0.1, 0.15) is 0 Å². The zero-order valence-electron chi connectivity index (χ0n) is 5.52. The van der Waals surface area contributed by atoms with Crippen LogP contribution in [0.5, 0.6) is 0 Å². The summed E-state index contributed by atoms with van der Waals surface area (Å²) in [4.78, 5) is 0. The Labute approximate surface area is 68.4 Å². The van der Waals surface area contributed by atoms with E-state index in [-0.39, 0.29) is 30.4 Å². The molecule has 0 aliphatic carbocycles. The van der Waals surface area contributed by atoms with Crippen molar-refractivity contribution in [3.8, 4) is 0 Å². The van der Waals surface area contributed by atoms with Gasteiger partial charge in [0.25, 0.3) is 0 Å². The van der Waals surface area contributed by atoms with E-state index in [9.17, 15) is 0 Å². The number of halogens is 2. The highest BCUT2D eigenvalue weighted by atomic mass is 35.5. The Balaban J connectivity index is 0. The minimum atomic E-state index is 0. The Bertz CT molecular complexity index is 67.4. The van der Waals surface area contributed by atoms with Crippen LogP contribution in [0.4, 0.5) is 0 Å². The molecule has 1 rings (SSSR count). The topological polar surface area (TPSA) is 38.0 Å². The molecule has 4 heteroatoms.